The van der Waals surface area contributed by atoms with Gasteiger partial charge in [0.25, 0.3) is 0 Å². The van der Waals surface area contributed by atoms with Crippen LogP contribution in [0.4, 0.5) is 0 Å². The Balaban J connectivity index is 2.69. The topological polar surface area (TPSA) is 46.2 Å². The molecule has 0 saturated carbocycles. The standard InChI is InChI=1S/C13H19Cl2NO2S/c1-4-19(17,18)8-9(2)16-10(3)11-5-6-12(14)13(15)7-11/h5-7,9-10,16H,4,8H2,1-3H3. The molecule has 19 heavy (non-hydrogen) atoms. The molecule has 0 aromatic heterocycles. The summed E-state index contributed by atoms with van der Waals surface area (Å²) in [4.78, 5) is 0. The van der Waals surface area contributed by atoms with Gasteiger partial charge in [-0.15, -0.1) is 0 Å². The van der Waals surface area contributed by atoms with Gasteiger partial charge >= 0.3 is 0 Å². The minimum atomic E-state index is -2.97. The van der Waals surface area contributed by atoms with Crippen LogP contribution < -0.4 is 5.32 Å². The summed E-state index contributed by atoms with van der Waals surface area (Å²) in [6, 6.07) is 5.31. The highest BCUT2D eigenvalue weighted by Gasteiger charge is 2.16. The third-order valence-corrected chi connectivity index (χ3v) is 5.55. The summed E-state index contributed by atoms with van der Waals surface area (Å²) in [5.74, 6) is 0.301. The van der Waals surface area contributed by atoms with Crippen LogP contribution in [-0.4, -0.2) is 26.0 Å². The number of sulfone groups is 1. The molecule has 3 nitrogen and oxygen atoms in total. The molecular weight excluding hydrogens is 305 g/mol. The fraction of sp³-hybridized carbons (Fsp3) is 0.538. The number of benzene rings is 1. The van der Waals surface area contributed by atoms with Gasteiger partial charge in [0.05, 0.1) is 15.8 Å². The third-order valence-electron chi connectivity index (χ3n) is 2.92. The zero-order chi connectivity index (χ0) is 14.6. The van der Waals surface area contributed by atoms with Crippen LogP contribution in [0.2, 0.25) is 10.0 Å². The molecule has 0 heterocycles. The van der Waals surface area contributed by atoms with E-state index in [9.17, 15) is 8.42 Å². The third kappa shape index (κ3) is 5.30. The van der Waals surface area contributed by atoms with Gasteiger partial charge in [0, 0.05) is 17.8 Å². The first kappa shape index (κ1) is 16.8. The molecule has 2 atom stereocenters. The molecule has 0 aliphatic rings. The molecule has 0 aliphatic carbocycles. The number of hydrogen-bond donors (Lipinski definition) is 1. The zero-order valence-corrected chi connectivity index (χ0v) is 13.6. The van der Waals surface area contributed by atoms with Gasteiger partial charge in [-0.2, -0.15) is 0 Å². The van der Waals surface area contributed by atoms with Crippen LogP contribution >= 0.6 is 23.2 Å². The first-order chi connectivity index (χ1) is 8.75. The van der Waals surface area contributed by atoms with Crippen LogP contribution in [-0.2, 0) is 9.84 Å². The van der Waals surface area contributed by atoms with Gasteiger partial charge in [-0.1, -0.05) is 36.2 Å². The van der Waals surface area contributed by atoms with Crippen molar-refractivity contribution in [2.24, 2.45) is 0 Å². The Morgan fingerprint density at radius 3 is 2.37 bits per heavy atom. The molecule has 1 aromatic rings. The van der Waals surface area contributed by atoms with Gasteiger partial charge in [-0.3, -0.25) is 0 Å². The average molecular weight is 324 g/mol. The van der Waals surface area contributed by atoms with Crippen molar-refractivity contribution in [1.82, 2.24) is 5.32 Å². The van der Waals surface area contributed by atoms with Crippen molar-refractivity contribution in [2.75, 3.05) is 11.5 Å². The van der Waals surface area contributed by atoms with Crippen LogP contribution in [0.3, 0.4) is 0 Å². The molecule has 0 aliphatic heterocycles. The SMILES string of the molecule is CCS(=O)(=O)CC(C)NC(C)c1ccc(Cl)c(Cl)c1. The van der Waals surface area contributed by atoms with E-state index in [2.05, 4.69) is 5.32 Å². The number of halogens is 2. The largest absolute Gasteiger partial charge is 0.307 e. The van der Waals surface area contributed by atoms with Gasteiger partial charge in [-0.25, -0.2) is 8.42 Å². The van der Waals surface area contributed by atoms with Crippen LogP contribution in [0, 0.1) is 0 Å². The molecule has 108 valence electrons. The normalized spacial score (nSPS) is 15.2. The van der Waals surface area contributed by atoms with Crippen LogP contribution in [0.1, 0.15) is 32.4 Å². The molecule has 0 fully saturated rings. The Bertz CT molecular complexity index is 531. The first-order valence-corrected chi connectivity index (χ1v) is 8.74. The van der Waals surface area contributed by atoms with Gasteiger partial charge in [-0.05, 0) is 31.5 Å². The second-order valence-electron chi connectivity index (χ2n) is 4.66. The predicted octanol–water partition coefficient (Wildman–Crippen LogP) is 3.47. The van der Waals surface area contributed by atoms with Crippen molar-refractivity contribution in [3.63, 3.8) is 0 Å². The maximum Gasteiger partial charge on any atom is 0.151 e. The fourth-order valence-corrected chi connectivity index (χ4v) is 3.25. The summed E-state index contributed by atoms with van der Waals surface area (Å²) in [6.45, 7) is 5.49. The molecule has 0 bridgehead atoms. The van der Waals surface area contributed by atoms with Crippen LogP contribution in [0.5, 0.6) is 0 Å². The zero-order valence-electron chi connectivity index (χ0n) is 11.3. The summed E-state index contributed by atoms with van der Waals surface area (Å²) in [5.41, 5.74) is 0.982. The van der Waals surface area contributed by atoms with Gasteiger partial charge in [0.1, 0.15) is 0 Å². The quantitative estimate of drug-likeness (QED) is 0.871. The maximum atomic E-state index is 11.5. The second kappa shape index (κ2) is 6.93. The monoisotopic (exact) mass is 323 g/mol. The lowest BCUT2D eigenvalue weighted by molar-refractivity contribution is 0.500. The van der Waals surface area contributed by atoms with Crippen LogP contribution in [0.25, 0.3) is 0 Å². The minimum Gasteiger partial charge on any atom is -0.307 e. The van der Waals surface area contributed by atoms with Crippen molar-refractivity contribution in [3.05, 3.63) is 33.8 Å². The van der Waals surface area contributed by atoms with E-state index in [1.165, 1.54) is 0 Å². The Kier molecular flexibility index (Phi) is 6.12. The highest BCUT2D eigenvalue weighted by atomic mass is 35.5. The number of hydrogen-bond acceptors (Lipinski definition) is 3. The average Bonchev–Trinajstić information content (AvgIpc) is 2.31. The van der Waals surface area contributed by atoms with E-state index in [1.54, 1.807) is 19.1 Å². The van der Waals surface area contributed by atoms with E-state index >= 15 is 0 Å². The summed E-state index contributed by atoms with van der Waals surface area (Å²) in [5, 5.41) is 4.27. The second-order valence-corrected chi connectivity index (χ2v) is 7.87. The molecule has 0 radical (unpaired) electrons. The fourth-order valence-electron chi connectivity index (χ4n) is 1.85. The summed E-state index contributed by atoms with van der Waals surface area (Å²) < 4.78 is 23.1. The van der Waals surface area contributed by atoms with E-state index in [0.717, 1.165) is 5.56 Å². The Morgan fingerprint density at radius 1 is 1.21 bits per heavy atom. The molecule has 1 rings (SSSR count). The summed E-state index contributed by atoms with van der Waals surface area (Å²) in [6.07, 6.45) is 0. The molecule has 1 N–H and O–H groups in total. The number of rotatable bonds is 6. The first-order valence-electron chi connectivity index (χ1n) is 6.16. The van der Waals surface area contributed by atoms with Crippen molar-refractivity contribution in [3.8, 4) is 0 Å². The number of nitrogens with one attached hydrogen (secondary N) is 1. The molecule has 1 aromatic carbocycles. The van der Waals surface area contributed by atoms with Crippen LogP contribution in [0.15, 0.2) is 18.2 Å². The smallest absolute Gasteiger partial charge is 0.151 e. The van der Waals surface area contributed by atoms with E-state index in [1.807, 2.05) is 19.9 Å². The molecule has 2 unspecified atom stereocenters. The lowest BCUT2D eigenvalue weighted by Gasteiger charge is -2.20. The molecule has 6 heteroatoms. The minimum absolute atomic E-state index is 0.0109. The molecular formula is C13H19Cl2NO2S. The molecule has 0 saturated heterocycles. The lowest BCUT2D eigenvalue weighted by atomic mass is 10.1. The highest BCUT2D eigenvalue weighted by molar-refractivity contribution is 7.91. The molecule has 0 spiro atoms. The van der Waals surface area contributed by atoms with E-state index in [-0.39, 0.29) is 23.6 Å². The van der Waals surface area contributed by atoms with Crippen molar-refractivity contribution in [1.29, 1.82) is 0 Å². The van der Waals surface area contributed by atoms with Gasteiger partial charge in [0.2, 0.25) is 0 Å². The lowest BCUT2D eigenvalue weighted by Crippen LogP contribution is -2.35. The highest BCUT2D eigenvalue weighted by Crippen LogP contribution is 2.25. The van der Waals surface area contributed by atoms with Gasteiger partial charge < -0.3 is 5.32 Å². The van der Waals surface area contributed by atoms with Crippen molar-refractivity contribution < 1.29 is 8.42 Å². The van der Waals surface area contributed by atoms with E-state index < -0.39 is 9.84 Å². The Hall–Kier alpha value is -0.290. The Labute approximate surface area is 125 Å². The maximum absolute atomic E-state index is 11.5. The summed E-state index contributed by atoms with van der Waals surface area (Å²) in [7, 11) is -2.97. The van der Waals surface area contributed by atoms with E-state index in [0.29, 0.717) is 10.0 Å². The van der Waals surface area contributed by atoms with Crippen molar-refractivity contribution in [2.45, 2.75) is 32.9 Å². The van der Waals surface area contributed by atoms with Crippen molar-refractivity contribution >= 4 is 33.0 Å². The summed E-state index contributed by atoms with van der Waals surface area (Å²) >= 11 is 11.8. The van der Waals surface area contributed by atoms with E-state index in [4.69, 9.17) is 23.2 Å². The molecule has 0 amide bonds. The Morgan fingerprint density at radius 2 is 1.84 bits per heavy atom. The van der Waals surface area contributed by atoms with Gasteiger partial charge in [0.15, 0.2) is 9.84 Å². The predicted molar refractivity (Wildman–Crippen MR) is 81.8 cm³/mol.